The molecule has 6 nitrogen and oxygen atoms in total. The van der Waals surface area contributed by atoms with Crippen molar-refractivity contribution in [1.29, 1.82) is 0 Å². The summed E-state index contributed by atoms with van der Waals surface area (Å²) in [6.07, 6.45) is 0. The lowest BCUT2D eigenvalue weighted by Crippen LogP contribution is -2.26. The molecule has 0 aromatic heterocycles. The summed E-state index contributed by atoms with van der Waals surface area (Å²) in [4.78, 5) is 0.211. The van der Waals surface area contributed by atoms with Crippen molar-refractivity contribution in [1.82, 2.24) is 4.72 Å². The van der Waals surface area contributed by atoms with Crippen LogP contribution in [0.5, 0.6) is 0 Å². The van der Waals surface area contributed by atoms with Crippen molar-refractivity contribution in [3.05, 3.63) is 24.3 Å². The van der Waals surface area contributed by atoms with Crippen molar-refractivity contribution in [3.8, 4) is 0 Å². The van der Waals surface area contributed by atoms with Gasteiger partial charge in [0.15, 0.2) is 11.1 Å². The van der Waals surface area contributed by atoms with Gasteiger partial charge in [0.05, 0.1) is 4.90 Å². The summed E-state index contributed by atoms with van der Waals surface area (Å²) < 4.78 is 45.7. The SMILES string of the molecule is CNS(=O)(=O)Nc1ccc(S(=O)O)cc1. The fourth-order valence-corrected chi connectivity index (χ4v) is 1.76. The lowest BCUT2D eigenvalue weighted by molar-refractivity contribution is 0.564. The quantitative estimate of drug-likeness (QED) is 0.662. The predicted molar refractivity (Wildman–Crippen MR) is 57.1 cm³/mol. The number of benzene rings is 1. The van der Waals surface area contributed by atoms with Crippen molar-refractivity contribution in [2.45, 2.75) is 4.90 Å². The maximum Gasteiger partial charge on any atom is 0.298 e. The number of anilines is 1. The number of rotatable bonds is 4. The first-order valence-corrected chi connectivity index (χ1v) is 6.46. The normalized spacial score (nSPS) is 13.5. The summed E-state index contributed by atoms with van der Waals surface area (Å²) in [6, 6.07) is 5.53. The summed E-state index contributed by atoms with van der Waals surface area (Å²) in [5, 5.41) is 0. The van der Waals surface area contributed by atoms with Gasteiger partial charge in [0, 0.05) is 12.7 Å². The van der Waals surface area contributed by atoms with Gasteiger partial charge in [-0.15, -0.1) is 0 Å². The van der Waals surface area contributed by atoms with Crippen LogP contribution in [0.1, 0.15) is 0 Å². The first-order valence-electron chi connectivity index (χ1n) is 3.87. The molecule has 0 spiro atoms. The Morgan fingerprint density at radius 2 is 1.80 bits per heavy atom. The van der Waals surface area contributed by atoms with Crippen LogP contribution in [0.15, 0.2) is 29.2 Å². The smallest absolute Gasteiger partial charge is 0.298 e. The molecule has 8 heteroatoms. The van der Waals surface area contributed by atoms with Gasteiger partial charge in [-0.05, 0) is 24.3 Å². The molecule has 0 saturated carbocycles. The second kappa shape index (κ2) is 4.71. The van der Waals surface area contributed by atoms with Crippen LogP contribution in [0.3, 0.4) is 0 Å². The Morgan fingerprint density at radius 3 is 2.20 bits per heavy atom. The summed E-state index contributed by atoms with van der Waals surface area (Å²) in [5.74, 6) is 0. The monoisotopic (exact) mass is 250 g/mol. The van der Waals surface area contributed by atoms with E-state index in [-0.39, 0.29) is 4.90 Å². The highest BCUT2D eigenvalue weighted by Crippen LogP contribution is 2.12. The van der Waals surface area contributed by atoms with Crippen LogP contribution in [0.2, 0.25) is 0 Å². The number of nitrogens with one attached hydrogen (secondary N) is 2. The molecule has 0 fully saturated rings. The molecule has 0 heterocycles. The Labute approximate surface area is 90.2 Å². The average Bonchev–Trinajstić information content (AvgIpc) is 2.18. The Hall–Kier alpha value is -0.960. The van der Waals surface area contributed by atoms with Gasteiger partial charge in [0.1, 0.15) is 0 Å². The Balaban J connectivity index is 2.86. The molecule has 1 aromatic carbocycles. The van der Waals surface area contributed by atoms with Crippen molar-refractivity contribution < 1.29 is 17.2 Å². The van der Waals surface area contributed by atoms with Gasteiger partial charge in [0.2, 0.25) is 0 Å². The molecular weight excluding hydrogens is 240 g/mol. The topological polar surface area (TPSA) is 95.5 Å². The fraction of sp³-hybridized carbons (Fsp3) is 0.143. The summed E-state index contributed by atoms with van der Waals surface area (Å²) in [6.45, 7) is 0. The molecule has 0 radical (unpaired) electrons. The molecule has 1 atom stereocenters. The van der Waals surface area contributed by atoms with Gasteiger partial charge >= 0.3 is 0 Å². The minimum atomic E-state index is -3.54. The van der Waals surface area contributed by atoms with E-state index >= 15 is 0 Å². The lowest BCUT2D eigenvalue weighted by Gasteiger charge is -2.06. The van der Waals surface area contributed by atoms with E-state index < -0.39 is 21.3 Å². The second-order valence-corrected chi connectivity index (χ2v) is 5.17. The maximum absolute atomic E-state index is 11.1. The third-order valence-electron chi connectivity index (χ3n) is 1.58. The van der Waals surface area contributed by atoms with E-state index in [1.165, 1.54) is 31.3 Å². The van der Waals surface area contributed by atoms with Crippen LogP contribution in [0, 0.1) is 0 Å². The zero-order valence-electron chi connectivity index (χ0n) is 7.80. The van der Waals surface area contributed by atoms with Crippen molar-refractivity contribution in [2.75, 3.05) is 11.8 Å². The van der Waals surface area contributed by atoms with Crippen LogP contribution in [-0.2, 0) is 21.3 Å². The summed E-state index contributed by atoms with van der Waals surface area (Å²) in [7, 11) is -2.27. The van der Waals surface area contributed by atoms with Gasteiger partial charge < -0.3 is 4.55 Å². The fourth-order valence-electron chi connectivity index (χ4n) is 0.846. The molecule has 84 valence electrons. The van der Waals surface area contributed by atoms with Crippen LogP contribution in [0.4, 0.5) is 5.69 Å². The van der Waals surface area contributed by atoms with E-state index in [1.54, 1.807) is 0 Å². The van der Waals surface area contributed by atoms with E-state index in [2.05, 4.69) is 9.44 Å². The van der Waals surface area contributed by atoms with Crippen LogP contribution in [0.25, 0.3) is 0 Å². The third kappa shape index (κ3) is 3.59. The predicted octanol–water partition coefficient (Wildman–Crippen LogP) is 0.143. The number of hydrogen-bond donors (Lipinski definition) is 3. The maximum atomic E-state index is 11.1. The standard InChI is InChI=1S/C7H10N2O4S2/c1-8-15(12,13)9-6-2-4-7(5-3-6)14(10)11/h2-5,8-9H,1H3,(H,10,11). The number of hydrogen-bond acceptors (Lipinski definition) is 3. The van der Waals surface area contributed by atoms with Crippen LogP contribution < -0.4 is 9.44 Å². The van der Waals surface area contributed by atoms with Gasteiger partial charge in [-0.3, -0.25) is 4.72 Å². The Morgan fingerprint density at radius 1 is 1.27 bits per heavy atom. The molecule has 1 unspecified atom stereocenters. The van der Waals surface area contributed by atoms with Crippen LogP contribution in [-0.4, -0.2) is 24.2 Å². The molecule has 1 aromatic rings. The first kappa shape index (κ1) is 12.1. The minimum Gasteiger partial charge on any atom is -0.302 e. The molecule has 3 N–H and O–H groups in total. The Kier molecular flexibility index (Phi) is 3.80. The lowest BCUT2D eigenvalue weighted by atomic mass is 10.3. The van der Waals surface area contributed by atoms with Gasteiger partial charge in [0.25, 0.3) is 10.2 Å². The highest BCUT2D eigenvalue weighted by molar-refractivity contribution is 7.90. The Bertz CT molecular complexity index is 454. The van der Waals surface area contributed by atoms with Gasteiger partial charge in [-0.2, -0.15) is 8.42 Å². The molecule has 1 rings (SSSR count). The first-order chi connectivity index (χ1) is 6.94. The molecule has 0 aliphatic carbocycles. The van der Waals surface area contributed by atoms with E-state index in [0.717, 1.165) is 0 Å². The van der Waals surface area contributed by atoms with E-state index in [1.807, 2.05) is 0 Å². The second-order valence-electron chi connectivity index (χ2n) is 2.58. The molecule has 0 aliphatic rings. The summed E-state index contributed by atoms with van der Waals surface area (Å²) in [5.41, 5.74) is 0.318. The molecule has 0 aliphatic heterocycles. The van der Waals surface area contributed by atoms with E-state index in [9.17, 15) is 12.6 Å². The molecule has 15 heavy (non-hydrogen) atoms. The zero-order valence-corrected chi connectivity index (χ0v) is 9.43. The summed E-state index contributed by atoms with van der Waals surface area (Å²) >= 11 is -2.05. The highest BCUT2D eigenvalue weighted by atomic mass is 32.2. The van der Waals surface area contributed by atoms with E-state index in [4.69, 9.17) is 4.55 Å². The molecular formula is C7H10N2O4S2. The van der Waals surface area contributed by atoms with Gasteiger partial charge in [-0.1, -0.05) is 0 Å². The molecule has 0 saturated heterocycles. The van der Waals surface area contributed by atoms with Crippen molar-refractivity contribution in [2.24, 2.45) is 0 Å². The van der Waals surface area contributed by atoms with E-state index in [0.29, 0.717) is 5.69 Å². The van der Waals surface area contributed by atoms with Crippen LogP contribution >= 0.6 is 0 Å². The minimum absolute atomic E-state index is 0.211. The largest absolute Gasteiger partial charge is 0.302 e. The highest BCUT2D eigenvalue weighted by Gasteiger charge is 2.06. The van der Waals surface area contributed by atoms with Gasteiger partial charge in [-0.25, -0.2) is 8.93 Å². The van der Waals surface area contributed by atoms with Crippen molar-refractivity contribution in [3.63, 3.8) is 0 Å². The molecule has 0 bridgehead atoms. The zero-order chi connectivity index (χ0) is 11.5. The average molecular weight is 250 g/mol. The van der Waals surface area contributed by atoms with Crippen molar-refractivity contribution >= 4 is 27.0 Å². The third-order valence-corrected chi connectivity index (χ3v) is 3.29. The molecule has 0 amide bonds.